The first-order chi connectivity index (χ1) is 9.54. The Kier molecular flexibility index (Phi) is 4.29. The molecule has 20 heavy (non-hydrogen) atoms. The molecule has 0 unspecified atom stereocenters. The van der Waals surface area contributed by atoms with Gasteiger partial charge in [-0.1, -0.05) is 6.07 Å². The largest absolute Gasteiger partial charge is 0.491 e. The smallest absolute Gasteiger partial charge is 0.252 e. The molecule has 1 fully saturated rings. The van der Waals surface area contributed by atoms with Gasteiger partial charge in [0.1, 0.15) is 11.3 Å². The van der Waals surface area contributed by atoms with E-state index in [1.165, 1.54) is 0 Å². The van der Waals surface area contributed by atoms with Crippen molar-refractivity contribution in [3.63, 3.8) is 0 Å². The predicted octanol–water partition coefficient (Wildman–Crippen LogP) is 3.04. The standard InChI is InChI=1S/C16H20N2O2/c1-12(2)20-14-7-5-6-13(10-14)15(19)18-16(11-17)8-3-4-9-16/h5-7,10,12H,3-4,8-9H2,1-2H3,(H,18,19). The molecule has 1 aliphatic rings. The van der Waals surface area contributed by atoms with Gasteiger partial charge in [-0.05, 0) is 57.7 Å². The maximum absolute atomic E-state index is 12.3. The second kappa shape index (κ2) is 5.96. The first-order valence-corrected chi connectivity index (χ1v) is 7.05. The Morgan fingerprint density at radius 1 is 1.40 bits per heavy atom. The Morgan fingerprint density at radius 2 is 2.10 bits per heavy atom. The van der Waals surface area contributed by atoms with E-state index >= 15 is 0 Å². The molecule has 0 aliphatic heterocycles. The molecule has 0 heterocycles. The molecular weight excluding hydrogens is 252 g/mol. The number of ether oxygens (including phenoxy) is 1. The molecule has 106 valence electrons. The van der Waals surface area contributed by atoms with Gasteiger partial charge in [0.05, 0.1) is 12.2 Å². The van der Waals surface area contributed by atoms with Crippen molar-refractivity contribution in [3.05, 3.63) is 29.8 Å². The first kappa shape index (κ1) is 14.4. The minimum Gasteiger partial charge on any atom is -0.491 e. The molecule has 1 aliphatic carbocycles. The molecule has 0 spiro atoms. The third kappa shape index (κ3) is 3.30. The predicted molar refractivity (Wildman–Crippen MR) is 76.5 cm³/mol. The zero-order chi connectivity index (χ0) is 14.6. The molecule has 1 saturated carbocycles. The number of rotatable bonds is 4. The lowest BCUT2D eigenvalue weighted by Crippen LogP contribution is -2.45. The van der Waals surface area contributed by atoms with E-state index in [-0.39, 0.29) is 12.0 Å². The summed E-state index contributed by atoms with van der Waals surface area (Å²) in [7, 11) is 0. The Hall–Kier alpha value is -2.02. The van der Waals surface area contributed by atoms with Gasteiger partial charge < -0.3 is 10.1 Å². The molecule has 0 radical (unpaired) electrons. The number of amides is 1. The highest BCUT2D eigenvalue weighted by Gasteiger charge is 2.35. The lowest BCUT2D eigenvalue weighted by Gasteiger charge is -2.22. The van der Waals surface area contributed by atoms with Crippen molar-refractivity contribution in [2.24, 2.45) is 0 Å². The van der Waals surface area contributed by atoms with E-state index in [4.69, 9.17) is 4.74 Å². The summed E-state index contributed by atoms with van der Waals surface area (Å²) in [6.07, 6.45) is 3.51. The number of nitrogens with one attached hydrogen (secondary N) is 1. The summed E-state index contributed by atoms with van der Waals surface area (Å²) in [5.41, 5.74) is -0.156. The van der Waals surface area contributed by atoms with Crippen molar-refractivity contribution < 1.29 is 9.53 Å². The van der Waals surface area contributed by atoms with Gasteiger partial charge in [-0.3, -0.25) is 4.79 Å². The van der Waals surface area contributed by atoms with Crippen LogP contribution in [0.25, 0.3) is 0 Å². The number of nitriles is 1. The van der Waals surface area contributed by atoms with Gasteiger partial charge in [0.25, 0.3) is 5.91 Å². The minimum absolute atomic E-state index is 0.0635. The molecule has 1 aromatic carbocycles. The van der Waals surface area contributed by atoms with E-state index in [1.807, 2.05) is 19.9 Å². The van der Waals surface area contributed by atoms with Gasteiger partial charge in [0.2, 0.25) is 0 Å². The first-order valence-electron chi connectivity index (χ1n) is 7.05. The highest BCUT2D eigenvalue weighted by molar-refractivity contribution is 5.95. The molecule has 1 amide bonds. The third-order valence-electron chi connectivity index (χ3n) is 3.49. The van der Waals surface area contributed by atoms with Gasteiger partial charge in [-0.15, -0.1) is 0 Å². The number of hydrogen-bond donors (Lipinski definition) is 1. The summed E-state index contributed by atoms with van der Waals surface area (Å²) >= 11 is 0. The van der Waals surface area contributed by atoms with Crippen molar-refractivity contribution in [2.75, 3.05) is 0 Å². The summed E-state index contributed by atoms with van der Waals surface area (Å²) in [6.45, 7) is 3.88. The fourth-order valence-electron chi connectivity index (χ4n) is 2.52. The molecule has 4 heteroatoms. The topological polar surface area (TPSA) is 62.1 Å². The van der Waals surface area contributed by atoms with E-state index in [2.05, 4.69) is 11.4 Å². The van der Waals surface area contributed by atoms with Gasteiger partial charge in [-0.25, -0.2) is 0 Å². The van der Waals surface area contributed by atoms with Crippen molar-refractivity contribution in [3.8, 4) is 11.8 Å². The number of carbonyl (C=O) groups excluding carboxylic acids is 1. The van der Waals surface area contributed by atoms with Crippen molar-refractivity contribution >= 4 is 5.91 Å². The van der Waals surface area contributed by atoms with Crippen LogP contribution in [0.4, 0.5) is 0 Å². The maximum Gasteiger partial charge on any atom is 0.252 e. The van der Waals surface area contributed by atoms with Crippen LogP contribution in [-0.4, -0.2) is 17.6 Å². The molecule has 1 aromatic rings. The normalized spacial score (nSPS) is 16.7. The SMILES string of the molecule is CC(C)Oc1cccc(C(=O)NC2(C#N)CCCC2)c1. The molecule has 4 nitrogen and oxygen atoms in total. The van der Waals surface area contributed by atoms with Crippen molar-refractivity contribution in [2.45, 2.75) is 51.2 Å². The summed E-state index contributed by atoms with van der Waals surface area (Å²) in [4.78, 5) is 12.3. The Balaban J connectivity index is 2.11. The Labute approximate surface area is 119 Å². The van der Waals surface area contributed by atoms with Gasteiger partial charge in [-0.2, -0.15) is 5.26 Å². The summed E-state index contributed by atoms with van der Waals surface area (Å²) < 4.78 is 5.58. The number of hydrogen-bond acceptors (Lipinski definition) is 3. The van der Waals surface area contributed by atoms with E-state index in [0.29, 0.717) is 11.3 Å². The third-order valence-corrected chi connectivity index (χ3v) is 3.49. The van der Waals surface area contributed by atoms with Crippen LogP contribution in [0.3, 0.4) is 0 Å². The Morgan fingerprint density at radius 3 is 2.70 bits per heavy atom. The van der Waals surface area contributed by atoms with Crippen LogP contribution in [-0.2, 0) is 0 Å². The minimum atomic E-state index is -0.688. The van der Waals surface area contributed by atoms with E-state index in [0.717, 1.165) is 25.7 Å². The highest BCUT2D eigenvalue weighted by Crippen LogP contribution is 2.29. The summed E-state index contributed by atoms with van der Waals surface area (Å²) in [5.74, 6) is 0.465. The molecule has 0 saturated heterocycles. The van der Waals surface area contributed by atoms with Crippen LogP contribution in [0.1, 0.15) is 49.9 Å². The van der Waals surface area contributed by atoms with Gasteiger partial charge >= 0.3 is 0 Å². The van der Waals surface area contributed by atoms with E-state index in [1.54, 1.807) is 18.2 Å². The second-order valence-corrected chi connectivity index (χ2v) is 5.55. The van der Waals surface area contributed by atoms with Crippen LogP contribution in [0.15, 0.2) is 24.3 Å². The quantitative estimate of drug-likeness (QED) is 0.916. The molecule has 1 N–H and O–H groups in total. The van der Waals surface area contributed by atoms with Crippen LogP contribution in [0.5, 0.6) is 5.75 Å². The highest BCUT2D eigenvalue weighted by atomic mass is 16.5. The van der Waals surface area contributed by atoms with Gasteiger partial charge in [0, 0.05) is 5.56 Å². The fourth-order valence-corrected chi connectivity index (χ4v) is 2.52. The molecule has 0 atom stereocenters. The van der Waals surface area contributed by atoms with E-state index < -0.39 is 5.54 Å². The average molecular weight is 272 g/mol. The summed E-state index contributed by atoms with van der Waals surface area (Å²) in [5, 5.41) is 12.2. The second-order valence-electron chi connectivity index (χ2n) is 5.55. The molecule has 0 aromatic heterocycles. The van der Waals surface area contributed by atoms with Crippen molar-refractivity contribution in [1.82, 2.24) is 5.32 Å². The molecule has 2 rings (SSSR count). The Bertz CT molecular complexity index is 526. The van der Waals surface area contributed by atoms with Crippen LogP contribution in [0, 0.1) is 11.3 Å². The number of nitrogens with zero attached hydrogens (tertiary/aromatic N) is 1. The van der Waals surface area contributed by atoms with Crippen LogP contribution < -0.4 is 10.1 Å². The van der Waals surface area contributed by atoms with Crippen LogP contribution in [0.2, 0.25) is 0 Å². The van der Waals surface area contributed by atoms with E-state index in [9.17, 15) is 10.1 Å². The number of carbonyl (C=O) groups is 1. The average Bonchev–Trinajstić information content (AvgIpc) is 2.87. The zero-order valence-corrected chi connectivity index (χ0v) is 12.0. The van der Waals surface area contributed by atoms with Gasteiger partial charge in [0.15, 0.2) is 0 Å². The van der Waals surface area contributed by atoms with Crippen LogP contribution >= 0.6 is 0 Å². The lowest BCUT2D eigenvalue weighted by atomic mass is 9.99. The number of benzene rings is 1. The zero-order valence-electron chi connectivity index (χ0n) is 12.0. The molecule has 0 bridgehead atoms. The maximum atomic E-state index is 12.3. The lowest BCUT2D eigenvalue weighted by molar-refractivity contribution is 0.0920. The monoisotopic (exact) mass is 272 g/mol. The summed E-state index contributed by atoms with van der Waals surface area (Å²) in [6, 6.07) is 9.34. The molecular formula is C16H20N2O2. The fraction of sp³-hybridized carbons (Fsp3) is 0.500. The van der Waals surface area contributed by atoms with Crippen molar-refractivity contribution in [1.29, 1.82) is 5.26 Å².